The average Bonchev–Trinajstić information content (AvgIpc) is 2.36. The predicted molar refractivity (Wildman–Crippen MR) is 65.4 cm³/mol. The second kappa shape index (κ2) is 5.63. The molecule has 0 aliphatic heterocycles. The average molecular weight is 318 g/mol. The zero-order valence-electron chi connectivity index (χ0n) is 10.6. The smallest absolute Gasteiger partial charge is 0.478 e. The van der Waals surface area contributed by atoms with Crippen LogP contribution in [0.15, 0.2) is 36.4 Å². The molecule has 22 heavy (non-hydrogen) atoms. The van der Waals surface area contributed by atoms with E-state index in [-0.39, 0.29) is 5.56 Å². The molecule has 0 saturated heterocycles. The van der Waals surface area contributed by atoms with Gasteiger partial charge in [-0.2, -0.15) is 0 Å². The monoisotopic (exact) mass is 318 g/mol. The molecule has 3 nitrogen and oxygen atoms in total. The maximum Gasteiger partial charge on any atom is 0.573 e. The minimum absolute atomic E-state index is 0.214. The van der Waals surface area contributed by atoms with Crippen molar-refractivity contribution in [2.45, 2.75) is 6.36 Å². The molecule has 1 N–H and O–H groups in total. The van der Waals surface area contributed by atoms with Gasteiger partial charge < -0.3 is 9.84 Å². The van der Waals surface area contributed by atoms with Crippen molar-refractivity contribution in [2.24, 2.45) is 0 Å². The number of hydrogen-bond donors (Lipinski definition) is 1. The minimum Gasteiger partial charge on any atom is -0.478 e. The van der Waals surface area contributed by atoms with Crippen LogP contribution >= 0.6 is 0 Å². The van der Waals surface area contributed by atoms with Gasteiger partial charge in [0.05, 0.1) is 11.1 Å². The standard InChI is InChI=1S/C14H7F5O3/c15-10-5-8(13(20)21)6-11(16)12(10)7-2-1-3-9(4-7)22-14(17,18)19/h1-6H,(H,20,21). The first-order valence-electron chi connectivity index (χ1n) is 5.76. The van der Waals surface area contributed by atoms with Crippen LogP contribution in [-0.4, -0.2) is 17.4 Å². The Hall–Kier alpha value is -2.64. The molecule has 0 bridgehead atoms. The molecule has 0 unspecified atom stereocenters. The largest absolute Gasteiger partial charge is 0.573 e. The highest BCUT2D eigenvalue weighted by Gasteiger charge is 2.31. The maximum atomic E-state index is 13.9. The minimum atomic E-state index is -4.94. The molecule has 2 rings (SSSR count). The van der Waals surface area contributed by atoms with Crippen molar-refractivity contribution in [2.75, 3.05) is 0 Å². The molecule has 0 atom stereocenters. The Kier molecular flexibility index (Phi) is 4.03. The van der Waals surface area contributed by atoms with Crippen molar-refractivity contribution in [3.63, 3.8) is 0 Å². The Morgan fingerprint density at radius 2 is 1.64 bits per heavy atom. The van der Waals surface area contributed by atoms with Crippen molar-refractivity contribution in [3.05, 3.63) is 53.6 Å². The van der Waals surface area contributed by atoms with Crippen molar-refractivity contribution >= 4 is 5.97 Å². The van der Waals surface area contributed by atoms with Crippen LogP contribution in [0.4, 0.5) is 22.0 Å². The van der Waals surface area contributed by atoms with Gasteiger partial charge >= 0.3 is 12.3 Å². The molecular formula is C14H7F5O3. The van der Waals surface area contributed by atoms with Crippen molar-refractivity contribution in [3.8, 4) is 16.9 Å². The zero-order chi connectivity index (χ0) is 16.5. The summed E-state index contributed by atoms with van der Waals surface area (Å²) in [5, 5.41) is 8.69. The van der Waals surface area contributed by atoms with Crippen molar-refractivity contribution in [1.29, 1.82) is 0 Å². The fourth-order valence-electron chi connectivity index (χ4n) is 1.82. The van der Waals surface area contributed by atoms with E-state index in [2.05, 4.69) is 4.74 Å². The lowest BCUT2D eigenvalue weighted by Gasteiger charge is -2.11. The van der Waals surface area contributed by atoms with E-state index in [0.29, 0.717) is 12.1 Å². The first kappa shape index (κ1) is 15.7. The van der Waals surface area contributed by atoms with Gasteiger partial charge in [0.25, 0.3) is 0 Å². The van der Waals surface area contributed by atoms with E-state index in [9.17, 15) is 26.7 Å². The second-order valence-electron chi connectivity index (χ2n) is 4.20. The highest BCUT2D eigenvalue weighted by Crippen LogP contribution is 2.31. The summed E-state index contributed by atoms with van der Waals surface area (Å²) < 4.78 is 67.8. The number of hydrogen-bond acceptors (Lipinski definition) is 2. The molecule has 0 heterocycles. The molecule has 2 aromatic rings. The van der Waals surface area contributed by atoms with E-state index in [0.717, 1.165) is 18.2 Å². The third kappa shape index (κ3) is 3.51. The van der Waals surface area contributed by atoms with Crippen LogP contribution in [0.1, 0.15) is 10.4 Å². The van der Waals surface area contributed by atoms with Crippen LogP contribution in [-0.2, 0) is 0 Å². The topological polar surface area (TPSA) is 46.5 Å². The van der Waals surface area contributed by atoms with Gasteiger partial charge in [-0.05, 0) is 29.8 Å². The molecule has 0 aliphatic rings. The van der Waals surface area contributed by atoms with Gasteiger partial charge in [0.15, 0.2) is 0 Å². The van der Waals surface area contributed by atoms with Gasteiger partial charge in [0, 0.05) is 0 Å². The first-order chi connectivity index (χ1) is 10.2. The van der Waals surface area contributed by atoms with E-state index >= 15 is 0 Å². The second-order valence-corrected chi connectivity index (χ2v) is 4.20. The van der Waals surface area contributed by atoms with Crippen LogP contribution in [0.5, 0.6) is 5.75 Å². The zero-order valence-corrected chi connectivity index (χ0v) is 10.6. The number of ether oxygens (including phenoxy) is 1. The number of rotatable bonds is 3. The van der Waals surface area contributed by atoms with E-state index in [1.807, 2.05) is 0 Å². The van der Waals surface area contributed by atoms with Crippen molar-refractivity contribution in [1.82, 2.24) is 0 Å². The Morgan fingerprint density at radius 3 is 2.14 bits per heavy atom. The number of benzene rings is 2. The Labute approximate surface area is 120 Å². The third-order valence-corrected chi connectivity index (χ3v) is 2.65. The summed E-state index contributed by atoms with van der Waals surface area (Å²) in [5.74, 6) is -4.59. The SMILES string of the molecule is O=C(O)c1cc(F)c(-c2cccc(OC(F)(F)F)c2)c(F)c1. The van der Waals surface area contributed by atoms with Gasteiger partial charge in [-0.1, -0.05) is 12.1 Å². The molecule has 0 aliphatic carbocycles. The summed E-state index contributed by atoms with van der Waals surface area (Å²) >= 11 is 0. The normalized spacial score (nSPS) is 11.3. The van der Waals surface area contributed by atoms with Crippen LogP contribution < -0.4 is 4.74 Å². The van der Waals surface area contributed by atoms with Crippen LogP contribution in [0.3, 0.4) is 0 Å². The summed E-state index contributed by atoms with van der Waals surface area (Å²) in [4.78, 5) is 10.7. The lowest BCUT2D eigenvalue weighted by molar-refractivity contribution is -0.274. The predicted octanol–water partition coefficient (Wildman–Crippen LogP) is 4.23. The fourth-order valence-corrected chi connectivity index (χ4v) is 1.82. The van der Waals surface area contributed by atoms with E-state index in [4.69, 9.17) is 5.11 Å². The van der Waals surface area contributed by atoms with Crippen LogP contribution in [0.25, 0.3) is 11.1 Å². The van der Waals surface area contributed by atoms with E-state index < -0.39 is 40.8 Å². The van der Waals surface area contributed by atoms with Gasteiger partial charge in [0.2, 0.25) is 0 Å². The first-order valence-corrected chi connectivity index (χ1v) is 5.76. The molecule has 0 saturated carbocycles. The molecule has 116 valence electrons. The highest BCUT2D eigenvalue weighted by atomic mass is 19.4. The summed E-state index contributed by atoms with van der Waals surface area (Å²) in [7, 11) is 0. The Bertz CT molecular complexity index is 702. The number of carbonyl (C=O) groups is 1. The Balaban J connectivity index is 2.49. The summed E-state index contributed by atoms with van der Waals surface area (Å²) in [5.41, 5.74) is -1.47. The molecule has 0 amide bonds. The van der Waals surface area contributed by atoms with E-state index in [1.54, 1.807) is 0 Å². The van der Waals surface area contributed by atoms with Crippen molar-refractivity contribution < 1.29 is 36.6 Å². The lowest BCUT2D eigenvalue weighted by atomic mass is 10.0. The summed E-state index contributed by atoms with van der Waals surface area (Å²) in [6.07, 6.45) is -4.94. The molecule has 0 fully saturated rings. The van der Waals surface area contributed by atoms with Gasteiger partial charge in [0.1, 0.15) is 17.4 Å². The number of alkyl halides is 3. The molecule has 0 radical (unpaired) electrons. The Morgan fingerprint density at radius 1 is 1.05 bits per heavy atom. The van der Waals surface area contributed by atoms with Gasteiger partial charge in [-0.3, -0.25) is 0 Å². The molecule has 8 heteroatoms. The number of carboxylic acid groups (broad SMARTS) is 1. The highest BCUT2D eigenvalue weighted by molar-refractivity contribution is 5.88. The summed E-state index contributed by atoms with van der Waals surface area (Å²) in [6.45, 7) is 0. The number of carboxylic acids is 1. The van der Waals surface area contributed by atoms with Gasteiger partial charge in [-0.25, -0.2) is 13.6 Å². The van der Waals surface area contributed by atoms with Crippen LogP contribution in [0.2, 0.25) is 0 Å². The van der Waals surface area contributed by atoms with Crippen LogP contribution in [0, 0.1) is 11.6 Å². The van der Waals surface area contributed by atoms with Gasteiger partial charge in [-0.15, -0.1) is 13.2 Å². The number of aromatic carboxylic acids is 1. The third-order valence-electron chi connectivity index (χ3n) is 2.65. The molecule has 2 aromatic carbocycles. The maximum absolute atomic E-state index is 13.9. The molecule has 0 aromatic heterocycles. The fraction of sp³-hybridized carbons (Fsp3) is 0.0714. The molecule has 0 spiro atoms. The quantitative estimate of drug-likeness (QED) is 0.862. The molecular weight excluding hydrogens is 311 g/mol. The van der Waals surface area contributed by atoms with E-state index in [1.165, 1.54) is 6.07 Å². The summed E-state index contributed by atoms with van der Waals surface area (Å²) in [6, 6.07) is 5.23. The lowest BCUT2D eigenvalue weighted by Crippen LogP contribution is -2.17. The number of halogens is 5.